The van der Waals surface area contributed by atoms with E-state index in [1.807, 2.05) is 4.90 Å². The van der Waals surface area contributed by atoms with Gasteiger partial charge in [0.25, 0.3) is 5.91 Å². The molecule has 2 amide bonds. The number of carbonyl (C=O) groups excluding carboxylic acids is 2. The van der Waals surface area contributed by atoms with Crippen molar-refractivity contribution in [3.63, 3.8) is 0 Å². The Bertz CT molecular complexity index is 636. The van der Waals surface area contributed by atoms with Crippen LogP contribution in [-0.2, 0) is 9.59 Å². The van der Waals surface area contributed by atoms with Crippen molar-refractivity contribution in [2.75, 3.05) is 32.7 Å². The molecule has 0 radical (unpaired) electrons. The molecule has 0 bridgehead atoms. The first-order valence-corrected chi connectivity index (χ1v) is 11.8. The average Bonchev–Trinajstić information content (AvgIpc) is 3.34. The summed E-state index contributed by atoms with van der Waals surface area (Å²) in [6.07, 6.45) is 9.60. The molecular formula is C22H36N4O3. The molecule has 3 saturated carbocycles. The fraction of sp³-hybridized carbons (Fsp3) is 0.909. The third kappa shape index (κ3) is 3.93. The molecule has 3 aliphatic carbocycles. The van der Waals surface area contributed by atoms with E-state index < -0.39 is 5.60 Å². The van der Waals surface area contributed by atoms with Gasteiger partial charge < -0.3 is 14.9 Å². The van der Waals surface area contributed by atoms with Crippen molar-refractivity contribution in [1.82, 2.24) is 20.7 Å². The summed E-state index contributed by atoms with van der Waals surface area (Å²) in [7, 11) is 0. The molecule has 0 aromatic heterocycles. The van der Waals surface area contributed by atoms with E-state index in [1.165, 1.54) is 32.1 Å². The number of nitrogens with one attached hydrogen (secondary N) is 2. The van der Waals surface area contributed by atoms with Gasteiger partial charge >= 0.3 is 0 Å². The molecule has 0 spiro atoms. The molecule has 29 heavy (non-hydrogen) atoms. The van der Waals surface area contributed by atoms with Gasteiger partial charge in [-0.1, -0.05) is 0 Å². The summed E-state index contributed by atoms with van der Waals surface area (Å²) >= 11 is 0. The smallest absolute Gasteiger partial charge is 0.254 e. The zero-order chi connectivity index (χ0) is 20.0. The van der Waals surface area contributed by atoms with E-state index in [9.17, 15) is 14.7 Å². The zero-order valence-corrected chi connectivity index (χ0v) is 17.4. The van der Waals surface area contributed by atoms with Crippen molar-refractivity contribution in [2.45, 2.75) is 69.4 Å². The van der Waals surface area contributed by atoms with E-state index in [4.69, 9.17) is 0 Å². The maximum Gasteiger partial charge on any atom is 0.254 e. The first kappa shape index (κ1) is 19.8. The van der Waals surface area contributed by atoms with Gasteiger partial charge in [-0.2, -0.15) is 0 Å². The number of hydrazine groups is 1. The van der Waals surface area contributed by atoms with E-state index in [0.29, 0.717) is 51.0 Å². The highest BCUT2D eigenvalue weighted by Gasteiger charge is 2.50. The van der Waals surface area contributed by atoms with Crippen LogP contribution in [0.25, 0.3) is 0 Å². The van der Waals surface area contributed by atoms with Crippen molar-refractivity contribution in [2.24, 2.45) is 23.7 Å². The molecule has 2 saturated heterocycles. The van der Waals surface area contributed by atoms with Gasteiger partial charge in [-0.15, -0.1) is 0 Å². The van der Waals surface area contributed by atoms with Gasteiger partial charge in [0.2, 0.25) is 5.91 Å². The average molecular weight is 405 g/mol. The highest BCUT2D eigenvalue weighted by atomic mass is 16.3. The summed E-state index contributed by atoms with van der Waals surface area (Å²) in [5, 5.41) is 10.0. The van der Waals surface area contributed by atoms with Gasteiger partial charge in [0, 0.05) is 44.7 Å². The molecule has 5 fully saturated rings. The predicted octanol–water partition coefficient (Wildman–Crippen LogP) is 0.881. The molecule has 5 rings (SSSR count). The molecule has 0 aromatic rings. The largest absolute Gasteiger partial charge is 0.380 e. The number of hydrogen-bond donors (Lipinski definition) is 3. The number of aliphatic hydroxyl groups is 1. The van der Waals surface area contributed by atoms with Crippen molar-refractivity contribution >= 4 is 11.8 Å². The second kappa shape index (κ2) is 7.82. The van der Waals surface area contributed by atoms with Crippen molar-refractivity contribution in [3.8, 4) is 0 Å². The van der Waals surface area contributed by atoms with Crippen molar-refractivity contribution in [1.29, 1.82) is 0 Å². The summed E-state index contributed by atoms with van der Waals surface area (Å²) in [6, 6.07) is 0.654. The predicted molar refractivity (Wildman–Crippen MR) is 109 cm³/mol. The molecule has 2 aliphatic heterocycles. The minimum absolute atomic E-state index is 0.133. The van der Waals surface area contributed by atoms with Crippen LogP contribution in [0.15, 0.2) is 0 Å². The van der Waals surface area contributed by atoms with Crippen LogP contribution in [0.1, 0.15) is 57.8 Å². The van der Waals surface area contributed by atoms with Gasteiger partial charge in [-0.05, 0) is 75.5 Å². The second-order valence-electron chi connectivity index (χ2n) is 10.2. The molecule has 2 heterocycles. The topological polar surface area (TPSA) is 84.9 Å². The highest BCUT2D eigenvalue weighted by Crippen LogP contribution is 2.42. The Labute approximate surface area is 173 Å². The highest BCUT2D eigenvalue weighted by molar-refractivity contribution is 5.88. The van der Waals surface area contributed by atoms with Crippen LogP contribution in [0.5, 0.6) is 0 Å². The lowest BCUT2D eigenvalue weighted by atomic mass is 9.68. The third-order valence-electron chi connectivity index (χ3n) is 8.47. The molecule has 7 nitrogen and oxygen atoms in total. The summed E-state index contributed by atoms with van der Waals surface area (Å²) < 4.78 is 0. The molecule has 5 aliphatic rings. The zero-order valence-electron chi connectivity index (χ0n) is 17.4. The lowest BCUT2D eigenvalue weighted by Gasteiger charge is -2.41. The lowest BCUT2D eigenvalue weighted by Crippen LogP contribution is -2.54. The van der Waals surface area contributed by atoms with Crippen LogP contribution in [0.3, 0.4) is 0 Å². The van der Waals surface area contributed by atoms with E-state index in [1.54, 1.807) is 4.90 Å². The quantitative estimate of drug-likeness (QED) is 0.650. The van der Waals surface area contributed by atoms with Gasteiger partial charge in [0.1, 0.15) is 5.60 Å². The fourth-order valence-electron chi connectivity index (χ4n) is 6.29. The van der Waals surface area contributed by atoms with E-state index in [0.717, 1.165) is 37.1 Å². The van der Waals surface area contributed by atoms with E-state index in [-0.39, 0.29) is 11.8 Å². The Morgan fingerprint density at radius 2 is 1.45 bits per heavy atom. The van der Waals surface area contributed by atoms with Gasteiger partial charge in [0.05, 0.1) is 0 Å². The Morgan fingerprint density at radius 1 is 0.828 bits per heavy atom. The van der Waals surface area contributed by atoms with Crippen LogP contribution < -0.4 is 10.9 Å². The number of piperazine rings is 1. The third-order valence-corrected chi connectivity index (χ3v) is 8.47. The lowest BCUT2D eigenvalue weighted by molar-refractivity contribution is -0.148. The Kier molecular flexibility index (Phi) is 5.33. The van der Waals surface area contributed by atoms with Crippen LogP contribution in [0.2, 0.25) is 0 Å². The molecule has 3 atom stereocenters. The first-order valence-electron chi connectivity index (χ1n) is 11.8. The summed E-state index contributed by atoms with van der Waals surface area (Å²) in [5.41, 5.74) is 5.71. The van der Waals surface area contributed by atoms with E-state index in [2.05, 4.69) is 10.9 Å². The number of carbonyl (C=O) groups is 2. The standard InChI is InChI=1S/C22H36N4O3/c27-20(25-9-11-26(12-10-25)21(28)22(29)7-8-22)16-3-1-15(2-4-16)17-5-6-18-14-23-24-19(18)13-17/h15-19,23-24,29H,1-14H2. The molecule has 7 heteroatoms. The number of hydrogen-bond acceptors (Lipinski definition) is 5. The van der Waals surface area contributed by atoms with Crippen LogP contribution in [0, 0.1) is 23.7 Å². The molecule has 3 unspecified atom stereocenters. The molecular weight excluding hydrogens is 368 g/mol. The normalized spacial score (nSPS) is 39.1. The Morgan fingerprint density at radius 3 is 2.14 bits per heavy atom. The SMILES string of the molecule is O=C(C1CCC(C2CCC3CNNC3C2)CC1)N1CCN(C(=O)C2(O)CC2)CC1. The summed E-state index contributed by atoms with van der Waals surface area (Å²) in [6.45, 7) is 3.48. The minimum Gasteiger partial charge on any atom is -0.380 e. The van der Waals surface area contributed by atoms with Crippen LogP contribution in [-0.4, -0.2) is 71.1 Å². The summed E-state index contributed by atoms with van der Waals surface area (Å²) in [5.74, 6) is 2.76. The Hall–Kier alpha value is -1.18. The summed E-state index contributed by atoms with van der Waals surface area (Å²) in [4.78, 5) is 29.0. The monoisotopic (exact) mass is 404 g/mol. The molecule has 0 aromatic carbocycles. The fourth-order valence-corrected chi connectivity index (χ4v) is 6.29. The van der Waals surface area contributed by atoms with Crippen molar-refractivity contribution < 1.29 is 14.7 Å². The van der Waals surface area contributed by atoms with E-state index >= 15 is 0 Å². The maximum absolute atomic E-state index is 13.0. The van der Waals surface area contributed by atoms with Gasteiger partial charge in [-0.25, -0.2) is 0 Å². The second-order valence-corrected chi connectivity index (χ2v) is 10.2. The Balaban J connectivity index is 1.07. The maximum atomic E-state index is 13.0. The first-order chi connectivity index (χ1) is 14.0. The molecule has 3 N–H and O–H groups in total. The number of fused-ring (bicyclic) bond motifs is 1. The minimum atomic E-state index is -1.09. The van der Waals surface area contributed by atoms with Crippen LogP contribution in [0.4, 0.5) is 0 Å². The van der Waals surface area contributed by atoms with Crippen LogP contribution >= 0.6 is 0 Å². The van der Waals surface area contributed by atoms with Gasteiger partial charge in [-0.3, -0.25) is 20.4 Å². The number of nitrogens with zero attached hydrogens (tertiary/aromatic N) is 2. The molecule has 162 valence electrons. The number of amides is 2. The number of rotatable bonds is 3. The van der Waals surface area contributed by atoms with Crippen molar-refractivity contribution in [3.05, 3.63) is 0 Å². The van der Waals surface area contributed by atoms with Gasteiger partial charge in [0.15, 0.2) is 0 Å².